The summed E-state index contributed by atoms with van der Waals surface area (Å²) in [6, 6.07) is 7.00. The molecule has 0 N–H and O–H groups in total. The van der Waals surface area contributed by atoms with E-state index in [-0.39, 0.29) is 17.9 Å². The predicted molar refractivity (Wildman–Crippen MR) is 68.7 cm³/mol. The summed E-state index contributed by atoms with van der Waals surface area (Å²) in [5.74, 6) is -0.0809. The lowest BCUT2D eigenvalue weighted by molar-refractivity contribution is 0.0970. The Morgan fingerprint density at radius 2 is 2.06 bits per heavy atom. The number of rotatable bonds is 3. The molecule has 2 aromatic rings. The summed E-state index contributed by atoms with van der Waals surface area (Å²) in [7, 11) is 0. The molecule has 2 rings (SSSR count). The number of carbonyl (C=O) groups excluding carboxylic acids is 1. The minimum Gasteiger partial charge on any atom is -0.292 e. The van der Waals surface area contributed by atoms with Crippen molar-refractivity contribution >= 4 is 5.78 Å². The van der Waals surface area contributed by atoms with Crippen molar-refractivity contribution in [3.05, 3.63) is 63.8 Å². The van der Waals surface area contributed by atoms with Crippen LogP contribution in [0.3, 0.4) is 0 Å². The Hall–Kier alpha value is -2.23. The number of ketones is 1. The van der Waals surface area contributed by atoms with Crippen molar-refractivity contribution in [1.29, 1.82) is 0 Å². The zero-order valence-electron chi connectivity index (χ0n) is 10.4. The highest BCUT2D eigenvalue weighted by atomic mass is 16.1. The first-order valence-corrected chi connectivity index (χ1v) is 5.69. The fourth-order valence-corrected chi connectivity index (χ4v) is 1.86. The smallest absolute Gasteiger partial charge is 0.253 e. The molecule has 0 spiro atoms. The molecule has 0 aliphatic rings. The van der Waals surface area contributed by atoms with Crippen LogP contribution in [0.2, 0.25) is 0 Å². The van der Waals surface area contributed by atoms with Gasteiger partial charge in [0, 0.05) is 17.8 Å². The molecule has 0 bridgehead atoms. The Bertz CT molecular complexity index is 644. The van der Waals surface area contributed by atoms with Crippen LogP contribution in [0.25, 0.3) is 0 Å². The molecule has 0 atom stereocenters. The number of aryl methyl sites for hydroxylation is 2. The standard InChI is InChI=1S/C14H14N2O2/c1-10-3-4-12(11(2)7-10)13(17)8-16-9-15-6-5-14(16)18/h3-7,9H,8H2,1-2H3. The summed E-state index contributed by atoms with van der Waals surface area (Å²) in [6.45, 7) is 3.90. The van der Waals surface area contributed by atoms with E-state index in [4.69, 9.17) is 0 Å². The molecule has 0 unspecified atom stereocenters. The predicted octanol–water partition coefficient (Wildman–Crippen LogP) is 1.74. The van der Waals surface area contributed by atoms with Gasteiger partial charge in [0.1, 0.15) is 0 Å². The monoisotopic (exact) mass is 242 g/mol. The number of nitrogens with zero attached hydrogens (tertiary/aromatic N) is 2. The molecule has 1 aromatic heterocycles. The molecule has 0 amide bonds. The fourth-order valence-electron chi connectivity index (χ4n) is 1.86. The van der Waals surface area contributed by atoms with Gasteiger partial charge in [0.15, 0.2) is 5.78 Å². The summed E-state index contributed by atoms with van der Waals surface area (Å²) in [6.07, 6.45) is 2.80. The third kappa shape index (κ3) is 2.53. The topological polar surface area (TPSA) is 52.0 Å². The molecule has 1 aromatic carbocycles. The second-order valence-electron chi connectivity index (χ2n) is 4.29. The van der Waals surface area contributed by atoms with Gasteiger partial charge in [0.25, 0.3) is 5.56 Å². The van der Waals surface area contributed by atoms with Gasteiger partial charge in [0.05, 0.1) is 12.9 Å². The van der Waals surface area contributed by atoms with Crippen LogP contribution in [-0.4, -0.2) is 15.3 Å². The third-order valence-corrected chi connectivity index (χ3v) is 2.79. The first-order valence-electron chi connectivity index (χ1n) is 5.69. The minimum atomic E-state index is -0.219. The molecule has 4 heteroatoms. The number of aromatic nitrogens is 2. The molecule has 1 heterocycles. The van der Waals surface area contributed by atoms with Crippen LogP contribution in [0.5, 0.6) is 0 Å². The molecule has 0 fully saturated rings. The molecular weight excluding hydrogens is 228 g/mol. The van der Waals surface area contributed by atoms with Crippen molar-refractivity contribution in [2.45, 2.75) is 20.4 Å². The van der Waals surface area contributed by atoms with E-state index in [9.17, 15) is 9.59 Å². The van der Waals surface area contributed by atoms with Gasteiger partial charge in [-0.25, -0.2) is 4.98 Å². The van der Waals surface area contributed by atoms with E-state index in [0.717, 1.165) is 11.1 Å². The van der Waals surface area contributed by atoms with Crippen molar-refractivity contribution in [3.8, 4) is 0 Å². The van der Waals surface area contributed by atoms with E-state index >= 15 is 0 Å². The second kappa shape index (κ2) is 4.96. The first-order chi connectivity index (χ1) is 8.58. The first kappa shape index (κ1) is 12.2. The maximum atomic E-state index is 12.1. The summed E-state index contributed by atoms with van der Waals surface area (Å²) in [5, 5.41) is 0. The van der Waals surface area contributed by atoms with Gasteiger partial charge in [-0.15, -0.1) is 0 Å². The van der Waals surface area contributed by atoms with Crippen LogP contribution in [0.4, 0.5) is 0 Å². The summed E-state index contributed by atoms with van der Waals surface area (Å²) in [4.78, 5) is 27.4. The Kier molecular flexibility index (Phi) is 3.37. The highest BCUT2D eigenvalue weighted by molar-refractivity contribution is 5.97. The van der Waals surface area contributed by atoms with E-state index < -0.39 is 0 Å². The van der Waals surface area contributed by atoms with E-state index in [2.05, 4.69) is 4.98 Å². The average molecular weight is 242 g/mol. The van der Waals surface area contributed by atoms with Gasteiger partial charge in [0.2, 0.25) is 0 Å². The Morgan fingerprint density at radius 3 is 2.72 bits per heavy atom. The van der Waals surface area contributed by atoms with Crippen LogP contribution in [0.1, 0.15) is 21.5 Å². The number of carbonyl (C=O) groups is 1. The van der Waals surface area contributed by atoms with Gasteiger partial charge in [-0.3, -0.25) is 14.2 Å². The number of Topliss-reactive ketones (excluding diaryl/α,β-unsaturated/α-hetero) is 1. The van der Waals surface area contributed by atoms with Crippen molar-refractivity contribution in [2.75, 3.05) is 0 Å². The molecule has 4 nitrogen and oxygen atoms in total. The molecule has 18 heavy (non-hydrogen) atoms. The Morgan fingerprint density at radius 1 is 1.28 bits per heavy atom. The van der Waals surface area contributed by atoms with Crippen LogP contribution in [0, 0.1) is 13.8 Å². The maximum absolute atomic E-state index is 12.1. The SMILES string of the molecule is Cc1ccc(C(=O)Cn2cnccc2=O)c(C)c1. The zero-order chi connectivity index (χ0) is 13.1. The van der Waals surface area contributed by atoms with Gasteiger partial charge >= 0.3 is 0 Å². The lowest BCUT2D eigenvalue weighted by atomic mass is 10.0. The number of hydrogen-bond donors (Lipinski definition) is 0. The Balaban J connectivity index is 2.28. The fraction of sp³-hybridized carbons (Fsp3) is 0.214. The molecule has 92 valence electrons. The van der Waals surface area contributed by atoms with E-state index in [0.29, 0.717) is 5.56 Å². The summed E-state index contributed by atoms with van der Waals surface area (Å²) in [5.41, 5.74) is 2.47. The quantitative estimate of drug-likeness (QED) is 0.770. The van der Waals surface area contributed by atoms with Crippen LogP contribution in [0.15, 0.2) is 41.6 Å². The maximum Gasteiger partial charge on any atom is 0.253 e. The number of hydrogen-bond acceptors (Lipinski definition) is 3. The van der Waals surface area contributed by atoms with Crippen molar-refractivity contribution in [2.24, 2.45) is 0 Å². The van der Waals surface area contributed by atoms with E-state index in [1.165, 1.54) is 23.2 Å². The minimum absolute atomic E-state index is 0.0244. The van der Waals surface area contributed by atoms with E-state index in [1.807, 2.05) is 26.0 Å². The van der Waals surface area contributed by atoms with Crippen molar-refractivity contribution in [3.63, 3.8) is 0 Å². The van der Waals surface area contributed by atoms with Gasteiger partial charge in [-0.05, 0) is 19.4 Å². The lowest BCUT2D eigenvalue weighted by Gasteiger charge is -2.07. The van der Waals surface area contributed by atoms with Crippen molar-refractivity contribution in [1.82, 2.24) is 9.55 Å². The molecule has 0 aliphatic heterocycles. The van der Waals surface area contributed by atoms with Crippen LogP contribution >= 0.6 is 0 Å². The third-order valence-electron chi connectivity index (χ3n) is 2.79. The molecular formula is C14H14N2O2. The normalized spacial score (nSPS) is 10.3. The molecule has 0 aliphatic carbocycles. The second-order valence-corrected chi connectivity index (χ2v) is 4.29. The Labute approximate surface area is 105 Å². The largest absolute Gasteiger partial charge is 0.292 e. The van der Waals surface area contributed by atoms with E-state index in [1.54, 1.807) is 6.07 Å². The average Bonchev–Trinajstić information content (AvgIpc) is 2.32. The highest BCUT2D eigenvalue weighted by Crippen LogP contribution is 2.11. The highest BCUT2D eigenvalue weighted by Gasteiger charge is 2.10. The number of benzene rings is 1. The molecule has 0 saturated heterocycles. The summed E-state index contributed by atoms with van der Waals surface area (Å²) >= 11 is 0. The van der Waals surface area contributed by atoms with Crippen molar-refractivity contribution < 1.29 is 4.79 Å². The van der Waals surface area contributed by atoms with Gasteiger partial charge in [-0.1, -0.05) is 23.8 Å². The van der Waals surface area contributed by atoms with Gasteiger partial charge in [-0.2, -0.15) is 0 Å². The van der Waals surface area contributed by atoms with Gasteiger partial charge < -0.3 is 0 Å². The van der Waals surface area contributed by atoms with Crippen LogP contribution in [-0.2, 0) is 6.54 Å². The zero-order valence-corrected chi connectivity index (χ0v) is 10.4. The molecule has 0 radical (unpaired) electrons. The summed E-state index contributed by atoms with van der Waals surface area (Å²) < 4.78 is 1.31. The lowest BCUT2D eigenvalue weighted by Crippen LogP contribution is -2.23. The molecule has 0 saturated carbocycles. The van der Waals surface area contributed by atoms with Crippen LogP contribution < -0.4 is 5.56 Å².